The van der Waals surface area contributed by atoms with Gasteiger partial charge in [-0.15, -0.1) is 0 Å². The Balaban J connectivity index is 1.30. The molecule has 4 saturated carbocycles. The van der Waals surface area contributed by atoms with E-state index in [1.807, 2.05) is 0 Å². The van der Waals surface area contributed by atoms with Crippen LogP contribution >= 0.6 is 0 Å². The van der Waals surface area contributed by atoms with Crippen LogP contribution in [0.4, 0.5) is 0 Å². The second kappa shape index (κ2) is 13.2. The molecule has 0 spiro atoms. The van der Waals surface area contributed by atoms with E-state index < -0.39 is 0 Å². The number of fused-ring (bicyclic) bond motifs is 5. The summed E-state index contributed by atoms with van der Waals surface area (Å²) in [5.74, 6) is 7.11. The summed E-state index contributed by atoms with van der Waals surface area (Å²) in [5, 5.41) is 10.2. The van der Waals surface area contributed by atoms with E-state index in [1.54, 1.807) is 19.3 Å². The minimum absolute atomic E-state index is 0.0329. The van der Waals surface area contributed by atoms with Crippen molar-refractivity contribution in [2.24, 2.45) is 46.8 Å². The van der Waals surface area contributed by atoms with Crippen LogP contribution in [0.15, 0.2) is 0 Å². The zero-order valence-electron chi connectivity index (χ0n) is 23.0. The summed E-state index contributed by atoms with van der Waals surface area (Å²) in [5.41, 5.74) is 0.0329. The van der Waals surface area contributed by atoms with Gasteiger partial charge in [-0.3, -0.25) is 0 Å². The molecule has 0 bridgehead atoms. The van der Waals surface area contributed by atoms with E-state index in [4.69, 9.17) is 0 Å². The van der Waals surface area contributed by atoms with Gasteiger partial charge in [0.05, 0.1) is 11.5 Å². The summed E-state index contributed by atoms with van der Waals surface area (Å²) in [4.78, 5) is 0. The fourth-order valence-electron chi connectivity index (χ4n) is 9.79. The number of nitriles is 1. The Bertz CT molecular complexity index is 633. The summed E-state index contributed by atoms with van der Waals surface area (Å²) < 4.78 is 0. The van der Waals surface area contributed by atoms with E-state index in [-0.39, 0.29) is 5.41 Å². The van der Waals surface area contributed by atoms with Gasteiger partial charge in [-0.05, 0) is 99.2 Å². The van der Waals surface area contributed by atoms with Crippen molar-refractivity contribution in [3.63, 3.8) is 0 Å². The Morgan fingerprint density at radius 2 is 1.29 bits per heavy atom. The van der Waals surface area contributed by atoms with Gasteiger partial charge in [0.1, 0.15) is 0 Å². The highest BCUT2D eigenvalue weighted by Gasteiger charge is 2.52. The van der Waals surface area contributed by atoms with Gasteiger partial charge in [-0.1, -0.05) is 97.3 Å². The monoisotopic (exact) mass is 467 g/mol. The van der Waals surface area contributed by atoms with Crippen LogP contribution in [0, 0.1) is 58.2 Å². The SMILES string of the molecule is CCCCCCC[C@H]1CCCC2C3CCC4C[C@](C#N)(CCCCCCC)CCC4C3CCC21. The molecule has 34 heavy (non-hydrogen) atoms. The quantitative estimate of drug-likeness (QED) is 0.262. The fourth-order valence-corrected chi connectivity index (χ4v) is 9.79. The second-order valence-corrected chi connectivity index (χ2v) is 13.4. The lowest BCUT2D eigenvalue weighted by atomic mass is 9.48. The first kappa shape index (κ1) is 26.6. The molecule has 1 heteroatoms. The van der Waals surface area contributed by atoms with Crippen molar-refractivity contribution in [3.8, 4) is 6.07 Å². The molecule has 0 N–H and O–H groups in total. The third kappa shape index (κ3) is 6.24. The van der Waals surface area contributed by atoms with Gasteiger partial charge in [0.25, 0.3) is 0 Å². The summed E-state index contributed by atoms with van der Waals surface area (Å²) in [6, 6.07) is 2.90. The highest BCUT2D eigenvalue weighted by molar-refractivity contribution is 5.07. The predicted octanol–water partition coefficient (Wildman–Crippen LogP) is 10.5. The third-order valence-corrected chi connectivity index (χ3v) is 11.5. The lowest BCUT2D eigenvalue weighted by molar-refractivity contribution is -0.0718. The lowest BCUT2D eigenvalue weighted by Gasteiger charge is -2.57. The van der Waals surface area contributed by atoms with Crippen LogP contribution in [0.1, 0.15) is 155 Å². The molecule has 4 aliphatic rings. The molecule has 4 aliphatic carbocycles. The van der Waals surface area contributed by atoms with Crippen molar-refractivity contribution in [2.75, 3.05) is 0 Å². The molecular formula is C33H57N. The highest BCUT2D eigenvalue weighted by atomic mass is 14.6. The van der Waals surface area contributed by atoms with Gasteiger partial charge < -0.3 is 0 Å². The van der Waals surface area contributed by atoms with Crippen LogP contribution in [0.25, 0.3) is 0 Å². The summed E-state index contributed by atoms with van der Waals surface area (Å²) >= 11 is 0. The molecule has 0 aromatic carbocycles. The summed E-state index contributed by atoms with van der Waals surface area (Å²) in [6.45, 7) is 4.63. The van der Waals surface area contributed by atoms with Gasteiger partial charge >= 0.3 is 0 Å². The first-order valence-corrected chi connectivity index (χ1v) is 16.1. The van der Waals surface area contributed by atoms with Crippen molar-refractivity contribution in [3.05, 3.63) is 0 Å². The van der Waals surface area contributed by atoms with E-state index in [9.17, 15) is 5.26 Å². The minimum atomic E-state index is 0.0329. The molecule has 8 atom stereocenters. The molecular weight excluding hydrogens is 410 g/mol. The van der Waals surface area contributed by atoms with E-state index >= 15 is 0 Å². The highest BCUT2D eigenvalue weighted by Crippen LogP contribution is 2.60. The Hall–Kier alpha value is -0.510. The predicted molar refractivity (Wildman–Crippen MR) is 145 cm³/mol. The van der Waals surface area contributed by atoms with Gasteiger partial charge in [0.15, 0.2) is 0 Å². The molecule has 0 aromatic rings. The van der Waals surface area contributed by atoms with E-state index in [0.717, 1.165) is 41.4 Å². The van der Waals surface area contributed by atoms with Crippen molar-refractivity contribution < 1.29 is 0 Å². The average Bonchev–Trinajstić information content (AvgIpc) is 2.88. The van der Waals surface area contributed by atoms with Crippen LogP contribution in [-0.4, -0.2) is 0 Å². The molecule has 4 rings (SSSR count). The van der Waals surface area contributed by atoms with Crippen molar-refractivity contribution in [1.82, 2.24) is 0 Å². The van der Waals surface area contributed by atoms with Crippen LogP contribution in [0.3, 0.4) is 0 Å². The molecule has 1 nitrogen and oxygen atoms in total. The molecule has 0 saturated heterocycles. The molecule has 0 aliphatic heterocycles. The molecule has 0 radical (unpaired) electrons. The van der Waals surface area contributed by atoms with Gasteiger partial charge in [-0.2, -0.15) is 5.26 Å². The van der Waals surface area contributed by atoms with Gasteiger partial charge in [-0.25, -0.2) is 0 Å². The van der Waals surface area contributed by atoms with Gasteiger partial charge in [0, 0.05) is 0 Å². The third-order valence-electron chi connectivity index (χ3n) is 11.5. The largest absolute Gasteiger partial charge is 0.198 e. The second-order valence-electron chi connectivity index (χ2n) is 13.4. The molecule has 6 unspecified atom stereocenters. The van der Waals surface area contributed by atoms with E-state index in [1.165, 1.54) is 122 Å². The Morgan fingerprint density at radius 1 is 0.647 bits per heavy atom. The number of hydrogen-bond acceptors (Lipinski definition) is 1. The topological polar surface area (TPSA) is 23.8 Å². The van der Waals surface area contributed by atoms with Crippen LogP contribution in [0.2, 0.25) is 0 Å². The van der Waals surface area contributed by atoms with Crippen molar-refractivity contribution >= 4 is 0 Å². The zero-order chi connectivity index (χ0) is 23.8. The average molecular weight is 468 g/mol. The summed E-state index contributed by atoms with van der Waals surface area (Å²) in [6.07, 6.45) is 31.2. The lowest BCUT2D eigenvalue weighted by Crippen LogP contribution is -2.49. The molecule has 194 valence electrons. The standard InChI is InChI=1S/C33H57N/c1-3-5-7-9-11-14-26-15-13-16-30-28(26)19-20-31-29-21-23-33(25-34,22-12-10-8-6-4-2)24-27(29)17-18-32(30)31/h26-32H,3-24H2,1-2H3/t26-,27?,28?,29?,30?,31?,32?,33-/m0/s1. The number of rotatable bonds is 12. The maximum absolute atomic E-state index is 10.2. The maximum atomic E-state index is 10.2. The normalized spacial score (nSPS) is 39.5. The van der Waals surface area contributed by atoms with E-state index in [2.05, 4.69) is 19.9 Å². The summed E-state index contributed by atoms with van der Waals surface area (Å²) in [7, 11) is 0. The maximum Gasteiger partial charge on any atom is 0.0689 e. The number of nitrogens with zero attached hydrogens (tertiary/aromatic N) is 1. The van der Waals surface area contributed by atoms with E-state index in [0.29, 0.717) is 0 Å². The smallest absolute Gasteiger partial charge is 0.0689 e. The Morgan fingerprint density at radius 3 is 2.06 bits per heavy atom. The molecule has 4 fully saturated rings. The Labute approximate surface area is 213 Å². The zero-order valence-corrected chi connectivity index (χ0v) is 23.0. The Kier molecular flexibility index (Phi) is 10.3. The van der Waals surface area contributed by atoms with Crippen LogP contribution in [0.5, 0.6) is 0 Å². The molecule has 0 amide bonds. The van der Waals surface area contributed by atoms with Crippen LogP contribution < -0.4 is 0 Å². The molecule has 0 aromatic heterocycles. The van der Waals surface area contributed by atoms with Crippen molar-refractivity contribution in [1.29, 1.82) is 5.26 Å². The first-order valence-electron chi connectivity index (χ1n) is 16.1. The minimum Gasteiger partial charge on any atom is -0.198 e. The van der Waals surface area contributed by atoms with Crippen LogP contribution in [-0.2, 0) is 0 Å². The first-order chi connectivity index (χ1) is 16.7. The number of unbranched alkanes of at least 4 members (excludes halogenated alkanes) is 8. The number of hydrogen-bond donors (Lipinski definition) is 0. The van der Waals surface area contributed by atoms with Gasteiger partial charge in [0.2, 0.25) is 0 Å². The van der Waals surface area contributed by atoms with Crippen molar-refractivity contribution in [2.45, 2.75) is 155 Å². The fraction of sp³-hybridized carbons (Fsp3) is 0.970. The molecule has 0 heterocycles.